The quantitative estimate of drug-likeness (QED) is 0.584. The summed E-state index contributed by atoms with van der Waals surface area (Å²) in [5.74, 6) is 0.863. The molecule has 10 heavy (non-hydrogen) atoms. The fourth-order valence-electron chi connectivity index (χ4n) is 1.67. The van der Waals surface area contributed by atoms with Crippen molar-refractivity contribution in [1.29, 1.82) is 0 Å². The number of hydrogen-bond donors (Lipinski definition) is 1. The molecular formula is C8H18N2. The highest BCUT2D eigenvalue weighted by atomic mass is 15.5. The predicted octanol–water partition coefficient (Wildman–Crippen LogP) is 1.24. The Labute approximate surface area is 63.6 Å². The second-order valence-electron chi connectivity index (χ2n) is 3.54. The zero-order chi connectivity index (χ0) is 7.56. The first-order chi connectivity index (χ1) is 4.70. The van der Waals surface area contributed by atoms with Gasteiger partial charge in [-0.3, -0.25) is 10.4 Å². The van der Waals surface area contributed by atoms with E-state index < -0.39 is 0 Å². The normalized spacial score (nSPS) is 33.6. The Bertz CT molecular complexity index is 101. The molecule has 1 aliphatic carbocycles. The van der Waals surface area contributed by atoms with Crippen LogP contribution in [0.5, 0.6) is 0 Å². The molecule has 0 spiro atoms. The first-order valence-electron chi connectivity index (χ1n) is 4.13. The van der Waals surface area contributed by atoms with E-state index >= 15 is 0 Å². The van der Waals surface area contributed by atoms with Crippen LogP contribution in [0.1, 0.15) is 26.2 Å². The van der Waals surface area contributed by atoms with E-state index in [9.17, 15) is 0 Å². The van der Waals surface area contributed by atoms with E-state index in [1.165, 1.54) is 19.3 Å². The van der Waals surface area contributed by atoms with Crippen LogP contribution in [0.3, 0.4) is 0 Å². The van der Waals surface area contributed by atoms with Crippen molar-refractivity contribution in [2.45, 2.75) is 32.2 Å². The van der Waals surface area contributed by atoms with Gasteiger partial charge in [0.2, 0.25) is 0 Å². The zero-order valence-electron chi connectivity index (χ0n) is 7.22. The van der Waals surface area contributed by atoms with Gasteiger partial charge in [0, 0.05) is 20.1 Å². The van der Waals surface area contributed by atoms with E-state index in [2.05, 4.69) is 31.5 Å². The average molecular weight is 142 g/mol. The summed E-state index contributed by atoms with van der Waals surface area (Å²) in [5, 5.41) is 2.06. The Morgan fingerprint density at radius 2 is 2.00 bits per heavy atom. The lowest BCUT2D eigenvalue weighted by molar-refractivity contribution is 0.218. The standard InChI is InChI=1S/C8H18N2/c1-7-5-4-6-8(7)9-10(2)3/h7-9H,4-6H2,1-3H3. The molecule has 0 saturated heterocycles. The molecule has 1 fully saturated rings. The topological polar surface area (TPSA) is 15.3 Å². The molecule has 1 N–H and O–H groups in total. The van der Waals surface area contributed by atoms with Gasteiger partial charge in [-0.25, -0.2) is 0 Å². The third-order valence-electron chi connectivity index (χ3n) is 2.29. The van der Waals surface area contributed by atoms with Crippen molar-refractivity contribution in [3.8, 4) is 0 Å². The minimum absolute atomic E-state index is 0.731. The number of hydrazine groups is 1. The third kappa shape index (κ3) is 1.96. The van der Waals surface area contributed by atoms with Gasteiger partial charge in [-0.1, -0.05) is 13.3 Å². The molecule has 0 heterocycles. The smallest absolute Gasteiger partial charge is 0.0240 e. The summed E-state index contributed by atoms with van der Waals surface area (Å²) in [6, 6.07) is 0.731. The fourth-order valence-corrected chi connectivity index (χ4v) is 1.67. The molecular weight excluding hydrogens is 124 g/mol. The Kier molecular flexibility index (Phi) is 2.69. The molecule has 2 atom stereocenters. The summed E-state index contributed by atoms with van der Waals surface area (Å²) in [6.45, 7) is 2.33. The monoisotopic (exact) mass is 142 g/mol. The number of rotatable bonds is 2. The van der Waals surface area contributed by atoms with Crippen LogP contribution >= 0.6 is 0 Å². The maximum atomic E-state index is 3.42. The van der Waals surface area contributed by atoms with E-state index in [-0.39, 0.29) is 0 Å². The largest absolute Gasteiger partial charge is 0.252 e. The van der Waals surface area contributed by atoms with E-state index in [1.807, 2.05) is 0 Å². The van der Waals surface area contributed by atoms with E-state index in [4.69, 9.17) is 0 Å². The molecule has 1 aliphatic rings. The van der Waals surface area contributed by atoms with E-state index in [0.717, 1.165) is 12.0 Å². The lowest BCUT2D eigenvalue weighted by Gasteiger charge is -2.21. The molecule has 2 unspecified atom stereocenters. The van der Waals surface area contributed by atoms with Crippen LogP contribution in [0.4, 0.5) is 0 Å². The lowest BCUT2D eigenvalue weighted by Crippen LogP contribution is -2.40. The number of nitrogens with zero attached hydrogens (tertiary/aromatic N) is 1. The van der Waals surface area contributed by atoms with Crippen molar-refractivity contribution in [1.82, 2.24) is 10.4 Å². The van der Waals surface area contributed by atoms with Gasteiger partial charge in [0.05, 0.1) is 0 Å². The SMILES string of the molecule is CC1CCCC1NN(C)C. The first kappa shape index (κ1) is 8.02. The summed E-state index contributed by atoms with van der Waals surface area (Å²) < 4.78 is 0. The zero-order valence-corrected chi connectivity index (χ0v) is 7.22. The van der Waals surface area contributed by atoms with Gasteiger partial charge in [0.25, 0.3) is 0 Å². The molecule has 1 rings (SSSR count). The van der Waals surface area contributed by atoms with Crippen molar-refractivity contribution in [2.75, 3.05) is 14.1 Å². The summed E-state index contributed by atoms with van der Waals surface area (Å²) >= 11 is 0. The van der Waals surface area contributed by atoms with Crippen molar-refractivity contribution >= 4 is 0 Å². The van der Waals surface area contributed by atoms with E-state index in [1.54, 1.807) is 0 Å². The number of nitrogens with one attached hydrogen (secondary N) is 1. The van der Waals surface area contributed by atoms with Gasteiger partial charge in [0.1, 0.15) is 0 Å². The van der Waals surface area contributed by atoms with Crippen LogP contribution in [0.25, 0.3) is 0 Å². The van der Waals surface area contributed by atoms with Gasteiger partial charge < -0.3 is 0 Å². The minimum atomic E-state index is 0.731. The summed E-state index contributed by atoms with van der Waals surface area (Å²) in [4.78, 5) is 0. The Morgan fingerprint density at radius 3 is 2.40 bits per heavy atom. The van der Waals surface area contributed by atoms with Gasteiger partial charge in [0.15, 0.2) is 0 Å². The van der Waals surface area contributed by atoms with Crippen LogP contribution in [0.15, 0.2) is 0 Å². The average Bonchev–Trinajstić information content (AvgIpc) is 2.15. The third-order valence-corrected chi connectivity index (χ3v) is 2.29. The molecule has 2 nitrogen and oxygen atoms in total. The molecule has 60 valence electrons. The first-order valence-corrected chi connectivity index (χ1v) is 4.13. The molecule has 0 radical (unpaired) electrons. The highest BCUT2D eigenvalue weighted by Gasteiger charge is 2.22. The van der Waals surface area contributed by atoms with Gasteiger partial charge in [-0.15, -0.1) is 0 Å². The highest BCUT2D eigenvalue weighted by molar-refractivity contribution is 4.78. The Balaban J connectivity index is 2.26. The summed E-state index contributed by atoms with van der Waals surface area (Å²) in [5.41, 5.74) is 3.42. The Morgan fingerprint density at radius 1 is 1.30 bits per heavy atom. The van der Waals surface area contributed by atoms with Gasteiger partial charge in [-0.2, -0.15) is 0 Å². The van der Waals surface area contributed by atoms with Crippen LogP contribution in [-0.4, -0.2) is 25.1 Å². The minimum Gasteiger partial charge on any atom is -0.252 e. The molecule has 0 bridgehead atoms. The number of hydrogen-bond acceptors (Lipinski definition) is 2. The van der Waals surface area contributed by atoms with Crippen molar-refractivity contribution in [3.05, 3.63) is 0 Å². The van der Waals surface area contributed by atoms with Gasteiger partial charge >= 0.3 is 0 Å². The molecule has 1 saturated carbocycles. The van der Waals surface area contributed by atoms with Crippen molar-refractivity contribution < 1.29 is 0 Å². The van der Waals surface area contributed by atoms with Crippen molar-refractivity contribution in [2.24, 2.45) is 5.92 Å². The maximum absolute atomic E-state index is 3.42. The molecule has 0 aromatic carbocycles. The van der Waals surface area contributed by atoms with E-state index in [0.29, 0.717) is 0 Å². The summed E-state index contributed by atoms with van der Waals surface area (Å²) in [7, 11) is 4.12. The van der Waals surface area contributed by atoms with Crippen LogP contribution in [0, 0.1) is 5.92 Å². The van der Waals surface area contributed by atoms with Crippen LogP contribution in [0.2, 0.25) is 0 Å². The molecule has 0 aromatic heterocycles. The molecule has 0 aliphatic heterocycles. The summed E-state index contributed by atoms with van der Waals surface area (Å²) in [6.07, 6.45) is 4.14. The highest BCUT2D eigenvalue weighted by Crippen LogP contribution is 2.24. The molecule has 0 amide bonds. The maximum Gasteiger partial charge on any atom is 0.0240 e. The Hall–Kier alpha value is -0.0800. The molecule has 2 heteroatoms. The second-order valence-corrected chi connectivity index (χ2v) is 3.54. The second kappa shape index (κ2) is 3.35. The van der Waals surface area contributed by atoms with Crippen LogP contribution < -0.4 is 5.43 Å². The van der Waals surface area contributed by atoms with Gasteiger partial charge in [-0.05, 0) is 18.8 Å². The van der Waals surface area contributed by atoms with Crippen LogP contribution in [-0.2, 0) is 0 Å². The van der Waals surface area contributed by atoms with Crippen molar-refractivity contribution in [3.63, 3.8) is 0 Å². The predicted molar refractivity (Wildman–Crippen MR) is 43.6 cm³/mol. The molecule has 0 aromatic rings. The fraction of sp³-hybridized carbons (Fsp3) is 1.00. The lowest BCUT2D eigenvalue weighted by atomic mass is 10.1.